The normalized spacial score (nSPS) is 11.8. The third kappa shape index (κ3) is 6.00. The summed E-state index contributed by atoms with van der Waals surface area (Å²) in [6.45, 7) is 4.70. The topological polar surface area (TPSA) is 80.3 Å². The van der Waals surface area contributed by atoms with Crippen LogP contribution >= 0.6 is 0 Å². The van der Waals surface area contributed by atoms with E-state index in [1.165, 1.54) is 12.3 Å². The third-order valence-electron chi connectivity index (χ3n) is 4.04. The number of ether oxygens (including phenoxy) is 1. The lowest BCUT2D eigenvalue weighted by Gasteiger charge is -2.18. The molecule has 1 aromatic heterocycles. The molecule has 1 aromatic carbocycles. The van der Waals surface area contributed by atoms with Gasteiger partial charge in [-0.1, -0.05) is 13.0 Å². The number of carbonyl (C=O) groups is 2. The van der Waals surface area contributed by atoms with Crippen LogP contribution in [0.3, 0.4) is 0 Å². The first-order chi connectivity index (χ1) is 13.3. The van der Waals surface area contributed by atoms with E-state index in [1.807, 2.05) is 13.8 Å². The van der Waals surface area contributed by atoms with Crippen molar-refractivity contribution in [3.8, 4) is 5.75 Å². The minimum absolute atomic E-state index is 0.191. The second-order valence-electron chi connectivity index (χ2n) is 6.25. The predicted octanol–water partition coefficient (Wildman–Crippen LogP) is 3.87. The van der Waals surface area contributed by atoms with Gasteiger partial charge in [-0.25, -0.2) is 13.8 Å². The van der Waals surface area contributed by atoms with Crippen LogP contribution < -0.4 is 15.4 Å². The van der Waals surface area contributed by atoms with E-state index in [-0.39, 0.29) is 17.9 Å². The molecule has 28 heavy (non-hydrogen) atoms. The molecule has 0 saturated heterocycles. The maximum atomic E-state index is 12.5. The molecule has 0 radical (unpaired) electrons. The zero-order valence-corrected chi connectivity index (χ0v) is 16.0. The van der Waals surface area contributed by atoms with Gasteiger partial charge in [0, 0.05) is 18.2 Å². The summed E-state index contributed by atoms with van der Waals surface area (Å²) in [6, 6.07) is 7.73. The van der Waals surface area contributed by atoms with Gasteiger partial charge in [0.15, 0.2) is 0 Å². The van der Waals surface area contributed by atoms with Crippen LogP contribution in [0, 0.1) is 6.92 Å². The molecule has 0 saturated carbocycles. The zero-order valence-electron chi connectivity index (χ0n) is 16.0. The molecule has 1 atom stereocenters. The standard InChI is InChI=1S/C20H23F2N3O3/c1-4-19(26)25-18-10-14(7-8-23-18)20(27)24-13(3)16-6-5-15(9-12(16)2)28-11-17(21)22/h5-10,13,17H,4,11H2,1-3H3,(H,24,27)(H,23,25,26). The Balaban J connectivity index is 2.06. The van der Waals surface area contributed by atoms with Gasteiger partial charge in [0.05, 0.1) is 6.04 Å². The lowest BCUT2D eigenvalue weighted by molar-refractivity contribution is -0.115. The number of alkyl halides is 2. The number of hydrogen-bond donors (Lipinski definition) is 2. The Hall–Kier alpha value is -3.03. The van der Waals surface area contributed by atoms with E-state index in [9.17, 15) is 18.4 Å². The van der Waals surface area contributed by atoms with Gasteiger partial charge < -0.3 is 15.4 Å². The second kappa shape index (κ2) is 9.77. The number of amides is 2. The summed E-state index contributed by atoms with van der Waals surface area (Å²) >= 11 is 0. The van der Waals surface area contributed by atoms with Crippen molar-refractivity contribution in [3.63, 3.8) is 0 Å². The number of halogens is 2. The van der Waals surface area contributed by atoms with Gasteiger partial charge in [-0.2, -0.15) is 0 Å². The molecule has 6 nitrogen and oxygen atoms in total. The lowest BCUT2D eigenvalue weighted by Crippen LogP contribution is -2.27. The molecule has 0 aliphatic carbocycles. The van der Waals surface area contributed by atoms with E-state index in [0.29, 0.717) is 23.6 Å². The number of nitrogens with zero attached hydrogens (tertiary/aromatic N) is 1. The molecule has 2 rings (SSSR count). The van der Waals surface area contributed by atoms with Crippen LogP contribution in [0.4, 0.5) is 14.6 Å². The quantitative estimate of drug-likeness (QED) is 0.716. The molecule has 2 amide bonds. The van der Waals surface area contributed by atoms with E-state index >= 15 is 0 Å². The summed E-state index contributed by atoms with van der Waals surface area (Å²) in [6.07, 6.45) is -0.776. The van der Waals surface area contributed by atoms with Crippen molar-refractivity contribution >= 4 is 17.6 Å². The molecule has 0 aliphatic heterocycles. The number of carbonyl (C=O) groups excluding carboxylic acids is 2. The highest BCUT2D eigenvalue weighted by Gasteiger charge is 2.15. The molecule has 1 unspecified atom stereocenters. The first kappa shape index (κ1) is 21.3. The van der Waals surface area contributed by atoms with Crippen molar-refractivity contribution in [2.75, 3.05) is 11.9 Å². The fraction of sp³-hybridized carbons (Fsp3) is 0.350. The summed E-state index contributed by atoms with van der Waals surface area (Å²) < 4.78 is 29.5. The second-order valence-corrected chi connectivity index (χ2v) is 6.25. The summed E-state index contributed by atoms with van der Waals surface area (Å²) in [5.74, 6) is 0.150. The number of aromatic nitrogens is 1. The first-order valence-electron chi connectivity index (χ1n) is 8.88. The van der Waals surface area contributed by atoms with Crippen molar-refractivity contribution < 1.29 is 23.1 Å². The smallest absolute Gasteiger partial charge is 0.272 e. The molecule has 8 heteroatoms. The first-order valence-corrected chi connectivity index (χ1v) is 8.88. The molecule has 1 heterocycles. The highest BCUT2D eigenvalue weighted by atomic mass is 19.3. The molecule has 0 aliphatic rings. The largest absolute Gasteiger partial charge is 0.488 e. The summed E-state index contributed by atoms with van der Waals surface area (Å²) in [5.41, 5.74) is 2.01. The Morgan fingerprint density at radius 1 is 1.21 bits per heavy atom. The van der Waals surface area contributed by atoms with Gasteiger partial charge in [0.25, 0.3) is 12.3 Å². The minimum atomic E-state index is -2.54. The summed E-state index contributed by atoms with van der Waals surface area (Å²) in [4.78, 5) is 28.0. The average Bonchev–Trinajstić information content (AvgIpc) is 2.66. The van der Waals surface area contributed by atoms with Crippen LogP contribution in [0.1, 0.15) is 47.8 Å². The van der Waals surface area contributed by atoms with Gasteiger partial charge in [0.1, 0.15) is 18.2 Å². The summed E-state index contributed by atoms with van der Waals surface area (Å²) in [5, 5.41) is 5.49. The van der Waals surface area contributed by atoms with Crippen molar-refractivity contribution in [2.24, 2.45) is 0 Å². The monoisotopic (exact) mass is 391 g/mol. The van der Waals surface area contributed by atoms with Crippen LogP contribution in [0.2, 0.25) is 0 Å². The Kier molecular flexibility index (Phi) is 7.43. The lowest BCUT2D eigenvalue weighted by atomic mass is 10.0. The molecule has 2 N–H and O–H groups in total. The SMILES string of the molecule is CCC(=O)Nc1cc(C(=O)NC(C)c2ccc(OCC(F)F)cc2C)ccn1. The summed E-state index contributed by atoms with van der Waals surface area (Å²) in [7, 11) is 0. The van der Waals surface area contributed by atoms with Gasteiger partial charge in [-0.3, -0.25) is 9.59 Å². The molecule has 150 valence electrons. The molecule has 0 spiro atoms. The van der Waals surface area contributed by atoms with Crippen molar-refractivity contribution in [2.45, 2.75) is 39.7 Å². The molecule has 2 aromatic rings. The van der Waals surface area contributed by atoms with Crippen molar-refractivity contribution in [1.29, 1.82) is 0 Å². The Morgan fingerprint density at radius 2 is 1.96 bits per heavy atom. The fourth-order valence-corrected chi connectivity index (χ4v) is 2.61. The number of hydrogen-bond acceptors (Lipinski definition) is 4. The minimum Gasteiger partial charge on any atom is -0.488 e. The van der Waals surface area contributed by atoms with E-state index in [0.717, 1.165) is 11.1 Å². The average molecular weight is 391 g/mol. The highest BCUT2D eigenvalue weighted by molar-refractivity contribution is 5.96. The number of anilines is 1. The number of pyridine rings is 1. The van der Waals surface area contributed by atoms with E-state index in [4.69, 9.17) is 4.74 Å². The molecule has 0 bridgehead atoms. The van der Waals surface area contributed by atoms with Crippen LogP contribution in [0.25, 0.3) is 0 Å². The van der Waals surface area contributed by atoms with E-state index in [2.05, 4.69) is 15.6 Å². The fourth-order valence-electron chi connectivity index (χ4n) is 2.61. The van der Waals surface area contributed by atoms with E-state index < -0.39 is 13.0 Å². The van der Waals surface area contributed by atoms with E-state index in [1.54, 1.807) is 31.2 Å². The van der Waals surface area contributed by atoms with Gasteiger partial charge in [0.2, 0.25) is 5.91 Å². The number of aryl methyl sites for hydroxylation is 1. The zero-order chi connectivity index (χ0) is 20.7. The maximum absolute atomic E-state index is 12.5. The Morgan fingerprint density at radius 3 is 2.61 bits per heavy atom. The van der Waals surface area contributed by atoms with Crippen LogP contribution in [-0.2, 0) is 4.79 Å². The van der Waals surface area contributed by atoms with Crippen LogP contribution in [0.15, 0.2) is 36.5 Å². The molecular formula is C20H23F2N3O3. The number of rotatable bonds is 8. The van der Waals surface area contributed by atoms with Gasteiger partial charge in [-0.05, 0) is 49.2 Å². The van der Waals surface area contributed by atoms with Crippen LogP contribution in [-0.4, -0.2) is 29.8 Å². The number of benzene rings is 1. The third-order valence-corrected chi connectivity index (χ3v) is 4.04. The molecule has 0 fully saturated rings. The van der Waals surface area contributed by atoms with Crippen molar-refractivity contribution in [1.82, 2.24) is 10.3 Å². The Bertz CT molecular complexity index is 843. The van der Waals surface area contributed by atoms with Crippen LogP contribution in [0.5, 0.6) is 5.75 Å². The van der Waals surface area contributed by atoms with Crippen molar-refractivity contribution in [3.05, 3.63) is 53.2 Å². The predicted molar refractivity (Wildman–Crippen MR) is 102 cm³/mol. The van der Waals surface area contributed by atoms with Gasteiger partial charge in [-0.15, -0.1) is 0 Å². The Labute approximate surface area is 162 Å². The van der Waals surface area contributed by atoms with Gasteiger partial charge >= 0.3 is 0 Å². The highest BCUT2D eigenvalue weighted by Crippen LogP contribution is 2.23. The number of nitrogens with one attached hydrogen (secondary N) is 2. The molecular weight excluding hydrogens is 368 g/mol. The maximum Gasteiger partial charge on any atom is 0.272 e.